The Bertz CT molecular complexity index is 707. The van der Waals surface area contributed by atoms with Crippen molar-refractivity contribution in [3.8, 4) is 0 Å². The van der Waals surface area contributed by atoms with Gasteiger partial charge in [0.1, 0.15) is 6.33 Å². The van der Waals surface area contributed by atoms with Crippen LogP contribution in [0.15, 0.2) is 6.33 Å². The number of anilines is 3. The van der Waals surface area contributed by atoms with Gasteiger partial charge in [0.05, 0.1) is 10.6 Å². The van der Waals surface area contributed by atoms with E-state index in [4.69, 9.17) is 0 Å². The van der Waals surface area contributed by atoms with Crippen molar-refractivity contribution in [3.05, 3.63) is 27.0 Å². The van der Waals surface area contributed by atoms with Crippen LogP contribution in [0.25, 0.3) is 0 Å². The molecule has 2 aromatic heterocycles. The molecule has 2 aromatic rings. The Kier molecular flexibility index (Phi) is 4.37. The molecule has 0 amide bonds. The predicted octanol–water partition coefficient (Wildman–Crippen LogP) is 3.56. The van der Waals surface area contributed by atoms with Crippen LogP contribution in [0.5, 0.6) is 0 Å². The monoisotopic (exact) mass is 334 g/mol. The van der Waals surface area contributed by atoms with Crippen molar-refractivity contribution in [1.82, 2.24) is 15.0 Å². The Balaban J connectivity index is 1.90. The highest BCUT2D eigenvalue weighted by molar-refractivity contribution is 7.15. The van der Waals surface area contributed by atoms with E-state index in [-0.39, 0.29) is 23.4 Å². The molecule has 0 saturated heterocycles. The lowest BCUT2D eigenvalue weighted by Crippen LogP contribution is -2.17. The summed E-state index contributed by atoms with van der Waals surface area (Å²) in [7, 11) is 0. The molecule has 2 N–H and O–H groups in total. The minimum absolute atomic E-state index is 0.134. The Morgan fingerprint density at radius 2 is 1.96 bits per heavy atom. The maximum atomic E-state index is 11.5. The van der Waals surface area contributed by atoms with E-state index < -0.39 is 4.92 Å². The first-order valence-corrected chi connectivity index (χ1v) is 8.33. The van der Waals surface area contributed by atoms with Gasteiger partial charge in [0, 0.05) is 10.9 Å². The van der Waals surface area contributed by atoms with Crippen molar-refractivity contribution in [3.63, 3.8) is 0 Å². The summed E-state index contributed by atoms with van der Waals surface area (Å²) < 4.78 is 0. The third-order valence-electron chi connectivity index (χ3n) is 3.95. The number of thiazole rings is 1. The molecule has 1 saturated carbocycles. The highest BCUT2D eigenvalue weighted by Crippen LogP contribution is 2.34. The number of nitro groups is 1. The summed E-state index contributed by atoms with van der Waals surface area (Å²) in [4.78, 5) is 24.6. The molecule has 122 valence electrons. The highest BCUT2D eigenvalue weighted by atomic mass is 32.1. The summed E-state index contributed by atoms with van der Waals surface area (Å²) in [6.07, 6.45) is 5.63. The molecular weight excluding hydrogens is 316 g/mol. The van der Waals surface area contributed by atoms with Gasteiger partial charge >= 0.3 is 5.69 Å². The minimum Gasteiger partial charge on any atom is -0.361 e. The molecule has 0 spiro atoms. The van der Waals surface area contributed by atoms with Crippen molar-refractivity contribution in [2.24, 2.45) is 0 Å². The summed E-state index contributed by atoms with van der Waals surface area (Å²) in [5, 5.41) is 18.2. The van der Waals surface area contributed by atoms with E-state index in [0.717, 1.165) is 36.3 Å². The van der Waals surface area contributed by atoms with Gasteiger partial charge in [-0.05, 0) is 26.7 Å². The number of nitrogens with one attached hydrogen (secondary N) is 2. The van der Waals surface area contributed by atoms with Crippen LogP contribution in [0.2, 0.25) is 0 Å². The van der Waals surface area contributed by atoms with Gasteiger partial charge in [-0.1, -0.05) is 12.8 Å². The van der Waals surface area contributed by atoms with Crippen molar-refractivity contribution in [2.45, 2.75) is 45.6 Å². The van der Waals surface area contributed by atoms with Crippen LogP contribution in [0.3, 0.4) is 0 Å². The molecule has 1 fully saturated rings. The number of aryl methyl sites for hydroxylation is 2. The molecule has 9 heteroatoms. The normalized spacial score (nSPS) is 14.9. The molecular formula is C14H18N6O2S. The summed E-state index contributed by atoms with van der Waals surface area (Å²) >= 11 is 1.44. The van der Waals surface area contributed by atoms with Crippen LogP contribution in [-0.4, -0.2) is 25.9 Å². The maximum absolute atomic E-state index is 11.5. The van der Waals surface area contributed by atoms with Crippen LogP contribution in [-0.2, 0) is 0 Å². The highest BCUT2D eigenvalue weighted by Gasteiger charge is 2.26. The van der Waals surface area contributed by atoms with Crippen molar-refractivity contribution in [2.75, 3.05) is 10.6 Å². The standard InChI is InChI=1S/C14H18N6O2S/c1-8-9(2)23-14(17-8)19-13-11(20(21)22)12(15-7-16-13)18-10-5-3-4-6-10/h7,10H,3-6H2,1-2H3,(H2,15,16,17,18,19). The largest absolute Gasteiger partial charge is 0.361 e. The van der Waals surface area contributed by atoms with E-state index in [2.05, 4.69) is 25.6 Å². The number of rotatable bonds is 5. The van der Waals surface area contributed by atoms with Crippen LogP contribution < -0.4 is 10.6 Å². The Hall–Kier alpha value is -2.29. The molecule has 0 aromatic carbocycles. The first-order chi connectivity index (χ1) is 11.0. The topological polar surface area (TPSA) is 106 Å². The van der Waals surface area contributed by atoms with Gasteiger partial charge in [0.15, 0.2) is 5.13 Å². The fourth-order valence-electron chi connectivity index (χ4n) is 2.64. The lowest BCUT2D eigenvalue weighted by atomic mass is 10.2. The molecule has 3 rings (SSSR count). The Morgan fingerprint density at radius 3 is 2.57 bits per heavy atom. The molecule has 0 atom stereocenters. The summed E-state index contributed by atoms with van der Waals surface area (Å²) in [6, 6.07) is 0.237. The second kappa shape index (κ2) is 6.45. The number of hydrogen-bond donors (Lipinski definition) is 2. The van der Waals surface area contributed by atoms with E-state index in [0.29, 0.717) is 5.13 Å². The zero-order valence-electron chi connectivity index (χ0n) is 13.0. The second-order valence-electron chi connectivity index (χ2n) is 5.59. The van der Waals surface area contributed by atoms with Crippen molar-refractivity contribution >= 4 is 33.8 Å². The van der Waals surface area contributed by atoms with E-state index in [1.165, 1.54) is 17.7 Å². The van der Waals surface area contributed by atoms with Crippen molar-refractivity contribution in [1.29, 1.82) is 0 Å². The summed E-state index contributed by atoms with van der Waals surface area (Å²) in [5.41, 5.74) is 0.767. The van der Waals surface area contributed by atoms with Gasteiger partial charge in [-0.25, -0.2) is 15.0 Å². The zero-order valence-corrected chi connectivity index (χ0v) is 13.8. The van der Waals surface area contributed by atoms with E-state index in [1.54, 1.807) is 0 Å². The number of aromatic nitrogens is 3. The zero-order chi connectivity index (χ0) is 16.4. The quantitative estimate of drug-likeness (QED) is 0.636. The van der Waals surface area contributed by atoms with Crippen LogP contribution in [0, 0.1) is 24.0 Å². The summed E-state index contributed by atoms with van der Waals surface area (Å²) in [5.74, 6) is 0.434. The first kappa shape index (κ1) is 15.6. The van der Waals surface area contributed by atoms with Crippen LogP contribution in [0.1, 0.15) is 36.3 Å². The second-order valence-corrected chi connectivity index (χ2v) is 6.79. The van der Waals surface area contributed by atoms with E-state index in [1.807, 2.05) is 13.8 Å². The fraction of sp³-hybridized carbons (Fsp3) is 0.500. The molecule has 2 heterocycles. The SMILES string of the molecule is Cc1nc(Nc2ncnc(NC3CCCC3)c2[N+](=O)[O-])sc1C. The van der Waals surface area contributed by atoms with Crippen LogP contribution in [0.4, 0.5) is 22.5 Å². The molecule has 23 heavy (non-hydrogen) atoms. The minimum atomic E-state index is -0.451. The Morgan fingerprint density at radius 1 is 1.26 bits per heavy atom. The van der Waals surface area contributed by atoms with Gasteiger partial charge in [-0.2, -0.15) is 0 Å². The lowest BCUT2D eigenvalue weighted by Gasteiger charge is -2.13. The van der Waals surface area contributed by atoms with E-state index in [9.17, 15) is 10.1 Å². The third kappa shape index (κ3) is 3.39. The van der Waals surface area contributed by atoms with Gasteiger partial charge in [0.25, 0.3) is 0 Å². The molecule has 1 aliphatic rings. The number of nitrogens with zero attached hydrogens (tertiary/aromatic N) is 4. The molecule has 0 aliphatic heterocycles. The maximum Gasteiger partial charge on any atom is 0.353 e. The van der Waals surface area contributed by atoms with Gasteiger partial charge < -0.3 is 10.6 Å². The van der Waals surface area contributed by atoms with Crippen molar-refractivity contribution < 1.29 is 4.92 Å². The first-order valence-electron chi connectivity index (χ1n) is 7.51. The Labute approximate surface area is 137 Å². The average molecular weight is 334 g/mol. The predicted molar refractivity (Wildman–Crippen MR) is 89.4 cm³/mol. The smallest absolute Gasteiger partial charge is 0.353 e. The molecule has 0 radical (unpaired) electrons. The van der Waals surface area contributed by atoms with E-state index >= 15 is 0 Å². The van der Waals surface area contributed by atoms with Gasteiger partial charge in [0.2, 0.25) is 11.6 Å². The molecule has 1 aliphatic carbocycles. The lowest BCUT2D eigenvalue weighted by molar-refractivity contribution is -0.383. The van der Waals surface area contributed by atoms with Gasteiger partial charge in [-0.15, -0.1) is 11.3 Å². The molecule has 8 nitrogen and oxygen atoms in total. The summed E-state index contributed by atoms with van der Waals surface area (Å²) in [6.45, 7) is 3.86. The third-order valence-corrected chi connectivity index (χ3v) is 4.94. The average Bonchev–Trinajstić information content (AvgIpc) is 3.09. The fourth-order valence-corrected chi connectivity index (χ4v) is 3.45. The van der Waals surface area contributed by atoms with Gasteiger partial charge in [-0.3, -0.25) is 10.1 Å². The molecule has 0 unspecified atom stereocenters. The van der Waals surface area contributed by atoms with Crippen LogP contribution >= 0.6 is 11.3 Å². The molecule has 0 bridgehead atoms. The number of hydrogen-bond acceptors (Lipinski definition) is 8.